The van der Waals surface area contributed by atoms with Crippen LogP contribution in [0.3, 0.4) is 0 Å². The van der Waals surface area contributed by atoms with Gasteiger partial charge >= 0.3 is 0 Å². The Balaban J connectivity index is 1.57. The zero-order chi connectivity index (χ0) is 13.1. The highest BCUT2D eigenvalue weighted by Gasteiger charge is 2.31. The molecule has 2 aromatic rings. The van der Waals surface area contributed by atoms with Crippen LogP contribution in [0.15, 0.2) is 34.9 Å². The van der Waals surface area contributed by atoms with Gasteiger partial charge in [-0.15, -0.1) is 0 Å². The van der Waals surface area contributed by atoms with Gasteiger partial charge in [0.2, 0.25) is 5.89 Å². The summed E-state index contributed by atoms with van der Waals surface area (Å²) >= 11 is 0. The number of nitrogens with zero attached hydrogens (tertiary/aromatic N) is 2. The first-order valence-electron chi connectivity index (χ1n) is 6.90. The van der Waals surface area contributed by atoms with Crippen molar-refractivity contribution in [2.75, 3.05) is 6.54 Å². The molecular weight excluding hydrogens is 238 g/mol. The molecule has 0 amide bonds. The van der Waals surface area contributed by atoms with E-state index in [1.54, 1.807) is 0 Å². The molecule has 0 saturated heterocycles. The molecule has 1 fully saturated rings. The average Bonchev–Trinajstić information content (AvgIpc) is 3.19. The second-order valence-electron chi connectivity index (χ2n) is 5.16. The zero-order valence-electron chi connectivity index (χ0n) is 11.2. The van der Waals surface area contributed by atoms with Crippen LogP contribution in [0.4, 0.5) is 0 Å². The number of hydrogen-bond acceptors (Lipinski definition) is 4. The fraction of sp³-hybridized carbons (Fsp3) is 0.467. The molecule has 3 rings (SSSR count). The van der Waals surface area contributed by atoms with Gasteiger partial charge in [0.05, 0.1) is 0 Å². The van der Waals surface area contributed by atoms with Gasteiger partial charge in [0.25, 0.3) is 0 Å². The van der Waals surface area contributed by atoms with Crippen LogP contribution in [0.1, 0.15) is 36.2 Å². The van der Waals surface area contributed by atoms with Crippen LogP contribution in [-0.2, 0) is 6.42 Å². The van der Waals surface area contributed by atoms with Crippen molar-refractivity contribution in [3.8, 4) is 0 Å². The van der Waals surface area contributed by atoms with E-state index in [9.17, 15) is 0 Å². The zero-order valence-corrected chi connectivity index (χ0v) is 11.2. The lowest BCUT2D eigenvalue weighted by molar-refractivity contribution is 0.385. The molecular formula is C15H19N3O. The minimum absolute atomic E-state index is 0.467. The van der Waals surface area contributed by atoms with Gasteiger partial charge in [0.1, 0.15) is 0 Å². The molecule has 1 heterocycles. The smallest absolute Gasteiger partial charge is 0.223 e. The second kappa shape index (κ2) is 5.53. The van der Waals surface area contributed by atoms with Gasteiger partial charge in [-0.3, -0.25) is 0 Å². The Morgan fingerprint density at radius 2 is 2.11 bits per heavy atom. The maximum absolute atomic E-state index is 4.98. The minimum Gasteiger partial charge on any atom is -0.340 e. The van der Waals surface area contributed by atoms with Crippen LogP contribution in [0, 0.1) is 12.8 Å². The van der Waals surface area contributed by atoms with Crippen LogP contribution in [0.25, 0.3) is 0 Å². The van der Waals surface area contributed by atoms with E-state index in [0.29, 0.717) is 11.9 Å². The molecule has 4 heteroatoms. The van der Waals surface area contributed by atoms with Gasteiger partial charge in [0.15, 0.2) is 5.82 Å². The number of hydrogen-bond donors (Lipinski definition) is 1. The van der Waals surface area contributed by atoms with Crippen molar-refractivity contribution in [3.05, 3.63) is 47.6 Å². The van der Waals surface area contributed by atoms with E-state index in [-0.39, 0.29) is 0 Å². The number of nitrogens with one attached hydrogen (secondary N) is 1. The Labute approximate surface area is 113 Å². The quantitative estimate of drug-likeness (QED) is 0.864. The summed E-state index contributed by atoms with van der Waals surface area (Å²) in [5.41, 5.74) is 1.38. The summed E-state index contributed by atoms with van der Waals surface area (Å²) < 4.78 is 4.98. The number of rotatable bonds is 6. The number of aryl methyl sites for hydroxylation is 1. The lowest BCUT2D eigenvalue weighted by atomic mass is 10.0. The highest BCUT2D eigenvalue weighted by molar-refractivity contribution is 5.21. The highest BCUT2D eigenvalue weighted by Crippen LogP contribution is 2.40. The molecule has 1 N–H and O–H groups in total. The molecule has 1 atom stereocenters. The van der Waals surface area contributed by atoms with Crippen LogP contribution in [0.2, 0.25) is 0 Å². The third kappa shape index (κ3) is 3.20. The molecule has 19 heavy (non-hydrogen) atoms. The summed E-state index contributed by atoms with van der Waals surface area (Å²) in [5, 5.41) is 7.55. The first-order chi connectivity index (χ1) is 9.33. The molecule has 1 unspecified atom stereocenters. The average molecular weight is 257 g/mol. The Kier molecular flexibility index (Phi) is 3.60. The predicted molar refractivity (Wildman–Crippen MR) is 72.6 cm³/mol. The Hall–Kier alpha value is -1.68. The molecule has 4 nitrogen and oxygen atoms in total. The third-order valence-electron chi connectivity index (χ3n) is 3.53. The number of benzene rings is 1. The summed E-state index contributed by atoms with van der Waals surface area (Å²) in [4.78, 5) is 4.22. The molecule has 0 aliphatic heterocycles. The Morgan fingerprint density at radius 1 is 1.32 bits per heavy atom. The van der Waals surface area contributed by atoms with E-state index < -0.39 is 0 Å². The Morgan fingerprint density at radius 3 is 2.74 bits per heavy atom. The normalized spacial score (nSPS) is 16.5. The van der Waals surface area contributed by atoms with Crippen molar-refractivity contribution in [2.45, 2.75) is 32.2 Å². The van der Waals surface area contributed by atoms with E-state index in [0.717, 1.165) is 24.7 Å². The second-order valence-corrected chi connectivity index (χ2v) is 5.16. The molecule has 0 radical (unpaired) electrons. The largest absolute Gasteiger partial charge is 0.340 e. The fourth-order valence-corrected chi connectivity index (χ4v) is 2.43. The van der Waals surface area contributed by atoms with Crippen LogP contribution >= 0.6 is 0 Å². The first-order valence-corrected chi connectivity index (χ1v) is 6.90. The van der Waals surface area contributed by atoms with Crippen molar-refractivity contribution >= 4 is 0 Å². The van der Waals surface area contributed by atoms with Crippen molar-refractivity contribution < 1.29 is 4.52 Å². The van der Waals surface area contributed by atoms with Crippen molar-refractivity contribution in [3.63, 3.8) is 0 Å². The van der Waals surface area contributed by atoms with Crippen molar-refractivity contribution in [1.29, 1.82) is 0 Å². The summed E-state index contributed by atoms with van der Waals surface area (Å²) in [6.45, 7) is 2.70. The standard InChI is InChI=1S/C15H19N3O/c1-11-17-14(18-19-11)9-10-16-15(13-7-8-13)12-5-3-2-4-6-12/h2-6,13,15-16H,7-10H2,1H3. The van der Waals surface area contributed by atoms with E-state index in [4.69, 9.17) is 4.52 Å². The van der Waals surface area contributed by atoms with Crippen molar-refractivity contribution in [2.24, 2.45) is 5.92 Å². The van der Waals surface area contributed by atoms with E-state index in [1.807, 2.05) is 6.92 Å². The molecule has 1 aromatic carbocycles. The monoisotopic (exact) mass is 257 g/mol. The maximum Gasteiger partial charge on any atom is 0.223 e. The molecule has 1 aliphatic rings. The van der Waals surface area contributed by atoms with E-state index >= 15 is 0 Å². The third-order valence-corrected chi connectivity index (χ3v) is 3.53. The molecule has 0 spiro atoms. The highest BCUT2D eigenvalue weighted by atomic mass is 16.5. The summed E-state index contributed by atoms with van der Waals surface area (Å²) in [6.07, 6.45) is 3.47. The van der Waals surface area contributed by atoms with Gasteiger partial charge in [-0.1, -0.05) is 35.5 Å². The summed E-state index contributed by atoms with van der Waals surface area (Å²) in [5.74, 6) is 2.21. The van der Waals surface area contributed by atoms with Crippen LogP contribution in [0.5, 0.6) is 0 Å². The van der Waals surface area contributed by atoms with E-state index in [2.05, 4.69) is 45.8 Å². The first kappa shape index (κ1) is 12.4. The van der Waals surface area contributed by atoms with E-state index in [1.165, 1.54) is 18.4 Å². The molecule has 1 aromatic heterocycles. The van der Waals surface area contributed by atoms with Crippen LogP contribution < -0.4 is 5.32 Å². The molecule has 1 saturated carbocycles. The minimum atomic E-state index is 0.467. The maximum atomic E-state index is 4.98. The van der Waals surface area contributed by atoms with Gasteiger partial charge in [-0.05, 0) is 24.3 Å². The summed E-state index contributed by atoms with van der Waals surface area (Å²) in [7, 11) is 0. The van der Waals surface area contributed by atoms with Gasteiger partial charge in [-0.25, -0.2) is 0 Å². The Bertz CT molecular complexity index is 519. The fourth-order valence-electron chi connectivity index (χ4n) is 2.43. The van der Waals surface area contributed by atoms with Crippen LogP contribution in [-0.4, -0.2) is 16.7 Å². The molecule has 1 aliphatic carbocycles. The summed E-state index contributed by atoms with van der Waals surface area (Å²) in [6, 6.07) is 11.1. The van der Waals surface area contributed by atoms with Gasteiger partial charge in [-0.2, -0.15) is 4.98 Å². The SMILES string of the molecule is Cc1nc(CCNC(c2ccccc2)C2CC2)no1. The number of aromatic nitrogens is 2. The topological polar surface area (TPSA) is 51.0 Å². The molecule has 100 valence electrons. The van der Waals surface area contributed by atoms with Gasteiger partial charge < -0.3 is 9.84 Å². The molecule has 0 bridgehead atoms. The lowest BCUT2D eigenvalue weighted by Crippen LogP contribution is -2.25. The van der Waals surface area contributed by atoms with Crippen molar-refractivity contribution in [1.82, 2.24) is 15.5 Å². The lowest BCUT2D eigenvalue weighted by Gasteiger charge is -2.18. The van der Waals surface area contributed by atoms with Gasteiger partial charge in [0, 0.05) is 25.9 Å². The predicted octanol–water partition coefficient (Wildman–Crippen LogP) is 2.66.